The van der Waals surface area contributed by atoms with Crippen molar-refractivity contribution in [3.8, 4) is 0 Å². The highest BCUT2D eigenvalue weighted by Crippen LogP contribution is 2.33. The summed E-state index contributed by atoms with van der Waals surface area (Å²) in [6, 6.07) is 0. The van der Waals surface area contributed by atoms with E-state index in [1.807, 2.05) is 0 Å². The van der Waals surface area contributed by atoms with Crippen LogP contribution in [0, 0.1) is 116 Å². The normalized spacial score (nSPS) is 16.0. The summed E-state index contributed by atoms with van der Waals surface area (Å²) in [6.07, 6.45) is -0.556. The van der Waals surface area contributed by atoms with Gasteiger partial charge in [0.25, 0.3) is 0 Å². The number of hydrogen-bond donors (Lipinski definition) is 1. The molecule has 1 aliphatic rings. The van der Waals surface area contributed by atoms with Gasteiger partial charge in [0, 0.05) is 12.8 Å². The quantitative estimate of drug-likeness (QED) is 0.0798. The fraction of sp³-hybridized carbons (Fsp3) is 0.333. The molecule has 0 bridgehead atoms. The largest absolute Gasteiger partial charge is 0.326 e. The molecule has 1 N–H and O–H groups in total. The van der Waals surface area contributed by atoms with Crippen molar-refractivity contribution in [2.75, 3.05) is 6.54 Å². The molecule has 23 heteroatoms. The van der Waals surface area contributed by atoms with Gasteiger partial charge in [0.2, 0.25) is 0 Å². The first kappa shape index (κ1) is 45.7. The molecule has 5 rings (SSSR count). The Bertz CT molecular complexity index is 1970. The van der Waals surface area contributed by atoms with E-state index < -0.39 is 181 Å². The van der Waals surface area contributed by atoms with Crippen LogP contribution in [0.15, 0.2) is 0 Å². The zero-order valence-electron chi connectivity index (χ0n) is 30.5. The van der Waals surface area contributed by atoms with Gasteiger partial charge in [0.15, 0.2) is 99.8 Å². The van der Waals surface area contributed by atoms with Crippen LogP contribution < -0.4 is 26.8 Å². The fourth-order valence-electron chi connectivity index (χ4n) is 8.88. The number of rotatable bonds is 9. The third-order valence-electron chi connectivity index (χ3n) is 11.5. The molecule has 59 heavy (non-hydrogen) atoms. The summed E-state index contributed by atoms with van der Waals surface area (Å²) < 4.78 is 305. The Kier molecular flexibility index (Phi) is 12.3. The zero-order chi connectivity index (χ0) is 44.7. The summed E-state index contributed by atoms with van der Waals surface area (Å²) in [4.78, 5) is 0.225. The highest BCUT2D eigenvalue weighted by Gasteiger charge is 2.50. The van der Waals surface area contributed by atoms with E-state index in [-0.39, 0.29) is 17.7 Å². The molecule has 1 atom stereocenters. The van der Waals surface area contributed by atoms with E-state index in [0.29, 0.717) is 6.42 Å². The van der Waals surface area contributed by atoms with E-state index in [9.17, 15) is 17.6 Å². The number of hydrogen-bond acceptors (Lipinski definition) is 0. The SMILES string of the molecule is CC1(C)CCCC(C)(C)[NH+]1CC[C@@H](B(c1c(F)c(F)c(F)c(F)c1F)c1c(F)c(F)c(F)c(F)c1F)[BH-](c1c(F)c(F)c(F)c(F)c1F)c1c(F)c(F)c(F)c(F)c1F. The number of benzene rings is 4. The van der Waals surface area contributed by atoms with Gasteiger partial charge in [0.1, 0.15) is 23.3 Å². The predicted octanol–water partition coefficient (Wildman–Crippen LogP) is 7.04. The van der Waals surface area contributed by atoms with Crippen LogP contribution in [0.2, 0.25) is 5.72 Å². The van der Waals surface area contributed by atoms with Crippen molar-refractivity contribution in [3.05, 3.63) is 116 Å². The van der Waals surface area contributed by atoms with Gasteiger partial charge in [-0.3, -0.25) is 0 Å². The lowest BCUT2D eigenvalue weighted by Gasteiger charge is -2.51. The lowest BCUT2D eigenvalue weighted by molar-refractivity contribution is -0.999. The van der Waals surface area contributed by atoms with Crippen molar-refractivity contribution in [3.63, 3.8) is 0 Å². The molecule has 0 amide bonds. The van der Waals surface area contributed by atoms with Crippen LogP contribution in [0.1, 0.15) is 53.4 Å². The highest BCUT2D eigenvalue weighted by molar-refractivity contribution is 7.02. The lowest BCUT2D eigenvalue weighted by Crippen LogP contribution is -3.26. The van der Waals surface area contributed by atoms with Gasteiger partial charge in [-0.2, -0.15) is 5.72 Å². The third kappa shape index (κ3) is 7.21. The molecule has 1 nitrogen and oxygen atoms in total. The summed E-state index contributed by atoms with van der Waals surface area (Å²) in [5.41, 5.74) is -16.0. The van der Waals surface area contributed by atoms with Crippen LogP contribution in [0.25, 0.3) is 0 Å². The Morgan fingerprint density at radius 1 is 0.407 bits per heavy atom. The number of likely N-dealkylation sites (tertiary alicyclic amines) is 1. The maximum atomic E-state index is 16.0. The minimum absolute atomic E-state index is 0.225. The van der Waals surface area contributed by atoms with E-state index in [4.69, 9.17) is 0 Å². The summed E-state index contributed by atoms with van der Waals surface area (Å²) in [5.74, 6) is -61.8. The molecule has 1 aliphatic heterocycles. The number of quaternary nitrogens is 1. The van der Waals surface area contributed by atoms with E-state index in [1.165, 1.54) is 27.7 Å². The maximum absolute atomic E-state index is 16.0. The van der Waals surface area contributed by atoms with Crippen molar-refractivity contribution >= 4 is 35.3 Å². The molecule has 0 unspecified atom stereocenters. The molecular formula is C36H25B2F20N. The molecule has 1 heterocycles. The molecule has 0 aromatic heterocycles. The van der Waals surface area contributed by atoms with Gasteiger partial charge in [-0.1, -0.05) is 0 Å². The molecule has 4 aromatic rings. The van der Waals surface area contributed by atoms with Crippen molar-refractivity contribution in [1.82, 2.24) is 0 Å². The summed E-state index contributed by atoms with van der Waals surface area (Å²) in [5, 5.41) is 0. The number of piperidine rings is 1. The Labute approximate surface area is 321 Å². The van der Waals surface area contributed by atoms with Crippen LogP contribution >= 0.6 is 0 Å². The van der Waals surface area contributed by atoms with Crippen LogP contribution in [-0.2, 0) is 0 Å². The fourth-order valence-corrected chi connectivity index (χ4v) is 8.88. The van der Waals surface area contributed by atoms with Crippen LogP contribution in [0.5, 0.6) is 0 Å². The van der Waals surface area contributed by atoms with Crippen molar-refractivity contribution in [2.24, 2.45) is 0 Å². The zero-order valence-corrected chi connectivity index (χ0v) is 30.5. The van der Waals surface area contributed by atoms with Gasteiger partial charge >= 0.3 is 0 Å². The lowest BCUT2D eigenvalue weighted by atomic mass is 9.14. The maximum Gasteiger partial charge on any atom is 0.200 e. The Balaban J connectivity index is 2.11. The molecule has 0 spiro atoms. The molecule has 1 fully saturated rings. The Morgan fingerprint density at radius 3 is 0.915 bits per heavy atom. The van der Waals surface area contributed by atoms with Crippen molar-refractivity contribution in [2.45, 2.75) is 70.2 Å². The number of nitrogens with one attached hydrogen (secondary N) is 1. The van der Waals surface area contributed by atoms with E-state index in [2.05, 4.69) is 0 Å². The molecule has 1 saturated heterocycles. The predicted molar refractivity (Wildman–Crippen MR) is 173 cm³/mol. The topological polar surface area (TPSA) is 4.44 Å². The monoisotopic (exact) mass is 873 g/mol. The van der Waals surface area contributed by atoms with E-state index >= 15 is 70.2 Å². The Morgan fingerprint density at radius 2 is 0.644 bits per heavy atom. The van der Waals surface area contributed by atoms with Crippen LogP contribution in [0.3, 0.4) is 0 Å². The minimum atomic E-state index is -5.33. The van der Waals surface area contributed by atoms with Crippen molar-refractivity contribution < 1.29 is 92.7 Å². The highest BCUT2D eigenvalue weighted by atomic mass is 19.2. The van der Waals surface area contributed by atoms with Crippen LogP contribution in [-0.4, -0.2) is 31.0 Å². The van der Waals surface area contributed by atoms with E-state index in [1.54, 1.807) is 0 Å². The first-order chi connectivity index (χ1) is 27.1. The van der Waals surface area contributed by atoms with E-state index in [0.717, 1.165) is 0 Å². The number of halogens is 20. The van der Waals surface area contributed by atoms with Gasteiger partial charge < -0.3 is 4.90 Å². The molecule has 320 valence electrons. The van der Waals surface area contributed by atoms with Gasteiger partial charge in [0.05, 0.1) is 24.3 Å². The molecule has 0 saturated carbocycles. The molecule has 0 radical (unpaired) electrons. The van der Waals surface area contributed by atoms with Crippen molar-refractivity contribution in [1.29, 1.82) is 0 Å². The molecular weight excluding hydrogens is 848 g/mol. The average Bonchev–Trinajstić information content (AvgIpc) is 3.17. The standard InChI is InChI=1S/C36H24B2F20N/c1-35(2)7-5-8-36(3,4)59(35)9-6-10(37(11-15(39)23(47)31(55)24(48)16(11)40)12-17(41)25(49)32(56)26(50)18(12)42)38(13-19(43)27(51)33(57)28(52)20(13)44)14-21(45)29(53)34(58)30(54)22(14)46/h10,37H,5-9H2,1-4H3/q-1/p+1/t10-/m1/s1. The van der Waals surface area contributed by atoms with Gasteiger partial charge in [-0.05, 0) is 51.5 Å². The smallest absolute Gasteiger partial charge is 0.200 e. The second kappa shape index (κ2) is 15.9. The summed E-state index contributed by atoms with van der Waals surface area (Å²) in [6.45, 7) is -3.95. The molecule has 0 aliphatic carbocycles. The second-order valence-electron chi connectivity index (χ2n) is 15.5. The average molecular weight is 873 g/mol. The van der Waals surface area contributed by atoms with Gasteiger partial charge in [-0.15, -0.1) is 10.9 Å². The minimum Gasteiger partial charge on any atom is -0.326 e. The van der Waals surface area contributed by atoms with Gasteiger partial charge in [-0.25, -0.2) is 87.8 Å². The second-order valence-corrected chi connectivity index (χ2v) is 15.5. The first-order valence-corrected chi connectivity index (χ1v) is 17.3. The first-order valence-electron chi connectivity index (χ1n) is 17.3. The third-order valence-corrected chi connectivity index (χ3v) is 11.5. The summed E-state index contributed by atoms with van der Waals surface area (Å²) in [7, 11) is 0. The molecule has 4 aromatic carbocycles. The Hall–Kier alpha value is -4.43. The summed E-state index contributed by atoms with van der Waals surface area (Å²) >= 11 is 0. The van der Waals surface area contributed by atoms with Crippen LogP contribution in [0.4, 0.5) is 87.8 Å².